The number of nitrogens with one attached hydrogen (secondary N) is 2. The Labute approximate surface area is 151 Å². The molecule has 1 saturated heterocycles. The van der Waals surface area contributed by atoms with Crippen LogP contribution in [0.15, 0.2) is 24.3 Å². The van der Waals surface area contributed by atoms with Crippen LogP contribution in [0.3, 0.4) is 0 Å². The molecule has 1 aromatic carbocycles. The molecular weight excluding hydrogens is 316 g/mol. The summed E-state index contributed by atoms with van der Waals surface area (Å²) in [7, 11) is 0. The van der Waals surface area contributed by atoms with Gasteiger partial charge in [0.1, 0.15) is 0 Å². The second-order valence-corrected chi connectivity index (χ2v) is 7.38. The van der Waals surface area contributed by atoms with Gasteiger partial charge in [-0.15, -0.1) is 0 Å². The van der Waals surface area contributed by atoms with Gasteiger partial charge in [-0.3, -0.25) is 0 Å². The van der Waals surface area contributed by atoms with Crippen LogP contribution in [0.1, 0.15) is 57.2 Å². The van der Waals surface area contributed by atoms with Crippen LogP contribution in [0.5, 0.6) is 0 Å². The molecule has 1 atom stereocenters. The fourth-order valence-electron chi connectivity index (χ4n) is 3.18. The van der Waals surface area contributed by atoms with Crippen molar-refractivity contribution in [1.29, 1.82) is 0 Å². The van der Waals surface area contributed by atoms with Crippen molar-refractivity contribution in [1.82, 2.24) is 10.6 Å². The van der Waals surface area contributed by atoms with Gasteiger partial charge in [-0.2, -0.15) is 0 Å². The molecule has 140 valence electrons. The van der Waals surface area contributed by atoms with Gasteiger partial charge in [0.2, 0.25) is 0 Å². The molecule has 0 spiro atoms. The van der Waals surface area contributed by atoms with Crippen molar-refractivity contribution >= 4 is 6.03 Å². The Morgan fingerprint density at radius 1 is 1.24 bits per heavy atom. The van der Waals surface area contributed by atoms with Gasteiger partial charge >= 0.3 is 6.03 Å². The van der Waals surface area contributed by atoms with Crippen molar-refractivity contribution in [2.24, 2.45) is 5.92 Å². The van der Waals surface area contributed by atoms with E-state index in [0.29, 0.717) is 26.1 Å². The summed E-state index contributed by atoms with van der Waals surface area (Å²) in [5, 5.41) is 16.3. The lowest BCUT2D eigenvalue weighted by atomic mass is 9.94. The molecule has 1 aliphatic heterocycles. The fourth-order valence-corrected chi connectivity index (χ4v) is 3.18. The number of rotatable bonds is 7. The molecule has 1 heterocycles. The van der Waals surface area contributed by atoms with Crippen LogP contribution >= 0.6 is 0 Å². The van der Waals surface area contributed by atoms with Gasteiger partial charge in [-0.25, -0.2) is 4.79 Å². The molecule has 3 N–H and O–H groups in total. The summed E-state index contributed by atoms with van der Waals surface area (Å²) in [6, 6.07) is 8.18. The van der Waals surface area contributed by atoms with E-state index in [1.54, 1.807) is 0 Å². The van der Waals surface area contributed by atoms with Gasteiger partial charge in [0.15, 0.2) is 0 Å². The first-order valence-corrected chi connectivity index (χ1v) is 9.37. The van der Waals surface area contributed by atoms with Gasteiger partial charge in [0.05, 0.1) is 11.6 Å². The first-order valence-electron chi connectivity index (χ1n) is 9.37. The third-order valence-corrected chi connectivity index (χ3v) is 4.83. The number of hydrogen-bond donors (Lipinski definition) is 3. The predicted octanol–water partition coefficient (Wildman–Crippen LogP) is 3.18. The Bertz CT molecular complexity index is 536. The number of urea groups is 1. The Morgan fingerprint density at radius 3 is 2.44 bits per heavy atom. The Balaban J connectivity index is 1.92. The number of amides is 2. The maximum Gasteiger partial charge on any atom is 0.315 e. The van der Waals surface area contributed by atoms with E-state index < -0.39 is 5.60 Å². The average Bonchev–Trinajstić information content (AvgIpc) is 2.60. The molecule has 0 aromatic heterocycles. The van der Waals surface area contributed by atoms with Crippen molar-refractivity contribution in [2.45, 2.75) is 58.1 Å². The molecule has 0 radical (unpaired) electrons. The second kappa shape index (κ2) is 9.20. The number of carbonyl (C=O) groups excluding carboxylic acids is 1. The smallest absolute Gasteiger partial charge is 0.315 e. The van der Waals surface area contributed by atoms with E-state index in [4.69, 9.17) is 4.74 Å². The minimum absolute atomic E-state index is 0.0555. The van der Waals surface area contributed by atoms with Crippen LogP contribution in [0.4, 0.5) is 4.79 Å². The number of benzene rings is 1. The van der Waals surface area contributed by atoms with E-state index in [0.717, 1.165) is 18.4 Å². The lowest BCUT2D eigenvalue weighted by molar-refractivity contribution is -0.0600. The highest BCUT2D eigenvalue weighted by atomic mass is 16.5. The minimum atomic E-state index is -0.856. The predicted molar refractivity (Wildman–Crippen MR) is 99.6 cm³/mol. The molecule has 0 bridgehead atoms. The largest absolute Gasteiger partial charge is 0.388 e. The summed E-state index contributed by atoms with van der Waals surface area (Å²) in [4.78, 5) is 12.3. The zero-order valence-corrected chi connectivity index (χ0v) is 15.7. The molecule has 5 nitrogen and oxygen atoms in total. The maximum absolute atomic E-state index is 12.3. The zero-order valence-electron chi connectivity index (χ0n) is 15.7. The summed E-state index contributed by atoms with van der Waals surface area (Å²) in [5.41, 5.74) is 1.57. The third-order valence-electron chi connectivity index (χ3n) is 4.83. The number of aryl methyl sites for hydroxylation is 1. The molecule has 2 amide bonds. The molecular formula is C20H32N2O3. The topological polar surface area (TPSA) is 70.6 Å². The van der Waals surface area contributed by atoms with Crippen LogP contribution in [0, 0.1) is 5.92 Å². The van der Waals surface area contributed by atoms with Crippen molar-refractivity contribution < 1.29 is 14.6 Å². The highest BCUT2D eigenvalue weighted by molar-refractivity contribution is 5.74. The molecule has 1 fully saturated rings. The van der Waals surface area contributed by atoms with Crippen LogP contribution in [0.25, 0.3) is 0 Å². The minimum Gasteiger partial charge on any atom is -0.388 e. The first-order chi connectivity index (χ1) is 11.9. The van der Waals surface area contributed by atoms with E-state index >= 15 is 0 Å². The monoisotopic (exact) mass is 348 g/mol. The van der Waals surface area contributed by atoms with E-state index in [1.165, 1.54) is 5.56 Å². The summed E-state index contributed by atoms with van der Waals surface area (Å²) in [6.07, 6.45) is 3.31. The van der Waals surface area contributed by atoms with Gasteiger partial charge in [0, 0.05) is 32.6 Å². The van der Waals surface area contributed by atoms with Crippen LogP contribution in [-0.4, -0.2) is 36.5 Å². The number of aliphatic hydroxyl groups is 1. The van der Waals surface area contributed by atoms with Crippen molar-refractivity contribution in [3.8, 4) is 0 Å². The molecule has 1 unspecified atom stereocenters. The standard InChI is InChI=1S/C20H32N2O3/c1-4-5-16-6-8-17(9-7-16)18(15(2)3)22-19(23)21-14-20(24)10-12-25-13-11-20/h6-9,15,18,24H,4-5,10-14H2,1-3H3,(H2,21,22,23). The normalized spacial score (nSPS) is 18.0. The van der Waals surface area contributed by atoms with Crippen LogP contribution < -0.4 is 10.6 Å². The number of ether oxygens (including phenoxy) is 1. The van der Waals surface area contributed by atoms with E-state index in [1.807, 2.05) is 0 Å². The van der Waals surface area contributed by atoms with Gasteiger partial charge in [-0.05, 0) is 23.5 Å². The van der Waals surface area contributed by atoms with Crippen LogP contribution in [-0.2, 0) is 11.2 Å². The Hall–Kier alpha value is -1.59. The van der Waals surface area contributed by atoms with E-state index in [-0.39, 0.29) is 24.5 Å². The molecule has 1 aliphatic rings. The molecule has 5 heteroatoms. The zero-order chi connectivity index (χ0) is 18.3. The number of carbonyl (C=O) groups is 1. The molecule has 0 aliphatic carbocycles. The highest BCUT2D eigenvalue weighted by Crippen LogP contribution is 2.23. The SMILES string of the molecule is CCCc1ccc(C(NC(=O)NCC2(O)CCOCC2)C(C)C)cc1. The van der Waals surface area contributed by atoms with Gasteiger partial charge < -0.3 is 20.5 Å². The van der Waals surface area contributed by atoms with Gasteiger partial charge in [-0.1, -0.05) is 51.5 Å². The lowest BCUT2D eigenvalue weighted by Gasteiger charge is -2.32. The first kappa shape index (κ1) is 19.7. The van der Waals surface area contributed by atoms with Crippen LogP contribution in [0.2, 0.25) is 0 Å². The highest BCUT2D eigenvalue weighted by Gasteiger charge is 2.30. The summed E-state index contributed by atoms with van der Waals surface area (Å²) >= 11 is 0. The molecule has 0 saturated carbocycles. The number of hydrogen-bond acceptors (Lipinski definition) is 3. The fraction of sp³-hybridized carbons (Fsp3) is 0.650. The van der Waals surface area contributed by atoms with E-state index in [9.17, 15) is 9.90 Å². The Kier molecular flexibility index (Phi) is 7.26. The Morgan fingerprint density at radius 2 is 1.88 bits per heavy atom. The average molecular weight is 348 g/mol. The van der Waals surface area contributed by atoms with E-state index in [2.05, 4.69) is 55.7 Å². The van der Waals surface area contributed by atoms with Crippen molar-refractivity contribution in [2.75, 3.05) is 19.8 Å². The van der Waals surface area contributed by atoms with Gasteiger partial charge in [0.25, 0.3) is 0 Å². The molecule has 1 aromatic rings. The third kappa shape index (κ3) is 6.01. The summed E-state index contributed by atoms with van der Waals surface area (Å²) in [5.74, 6) is 0.272. The molecule has 2 rings (SSSR count). The maximum atomic E-state index is 12.3. The quantitative estimate of drug-likeness (QED) is 0.709. The second-order valence-electron chi connectivity index (χ2n) is 7.38. The summed E-state index contributed by atoms with van der Waals surface area (Å²) < 4.78 is 5.26. The van der Waals surface area contributed by atoms with Crippen molar-refractivity contribution in [3.05, 3.63) is 35.4 Å². The van der Waals surface area contributed by atoms with Crippen molar-refractivity contribution in [3.63, 3.8) is 0 Å². The summed E-state index contributed by atoms with van der Waals surface area (Å²) in [6.45, 7) is 7.69. The molecule has 25 heavy (non-hydrogen) atoms. The lowest BCUT2D eigenvalue weighted by Crippen LogP contribution is -2.49.